The van der Waals surface area contributed by atoms with Crippen LogP contribution in [0.5, 0.6) is 0 Å². The molecule has 0 bridgehead atoms. The van der Waals surface area contributed by atoms with Crippen LogP contribution in [0.4, 0.5) is 0 Å². The van der Waals surface area contributed by atoms with Crippen molar-refractivity contribution >= 4 is 22.9 Å². The second kappa shape index (κ2) is 3.96. The van der Waals surface area contributed by atoms with Crippen LogP contribution in [0.1, 0.15) is 17.4 Å². The van der Waals surface area contributed by atoms with Crippen LogP contribution in [0.15, 0.2) is 11.4 Å². The Bertz CT molecular complexity index is 283. The minimum atomic E-state index is -0.387. The van der Waals surface area contributed by atoms with E-state index in [0.717, 1.165) is 24.4 Å². The van der Waals surface area contributed by atoms with E-state index < -0.39 is 0 Å². The van der Waals surface area contributed by atoms with E-state index in [1.54, 1.807) is 0 Å². The zero-order chi connectivity index (χ0) is 9.26. The van der Waals surface area contributed by atoms with Crippen LogP contribution in [-0.4, -0.2) is 18.2 Å². The smallest absolute Gasteiger partial charge is 0.0937 e. The second-order valence-corrected chi connectivity index (χ2v) is 4.69. The molecule has 2 rings (SSSR count). The highest BCUT2D eigenvalue weighted by Gasteiger charge is 2.26. The zero-order valence-corrected chi connectivity index (χ0v) is 8.74. The Labute approximate surface area is 86.5 Å². The van der Waals surface area contributed by atoms with E-state index in [-0.39, 0.29) is 6.10 Å². The Morgan fingerprint density at radius 1 is 1.69 bits per heavy atom. The van der Waals surface area contributed by atoms with Gasteiger partial charge in [-0.2, -0.15) is 0 Å². The SMILES string of the molecule is OC(c1sccc1Cl)[C@H]1CCNC1. The molecular formula is C9H12ClNOS. The van der Waals surface area contributed by atoms with E-state index in [2.05, 4.69) is 5.32 Å². The van der Waals surface area contributed by atoms with Gasteiger partial charge in [0.2, 0.25) is 0 Å². The molecule has 1 saturated heterocycles. The Morgan fingerprint density at radius 3 is 3.08 bits per heavy atom. The molecule has 0 radical (unpaired) electrons. The number of thiophene rings is 1. The molecule has 0 aromatic carbocycles. The molecule has 72 valence electrons. The number of hydrogen-bond acceptors (Lipinski definition) is 3. The molecule has 2 N–H and O–H groups in total. The van der Waals surface area contributed by atoms with Gasteiger partial charge in [0, 0.05) is 12.5 Å². The molecule has 2 atom stereocenters. The summed E-state index contributed by atoms with van der Waals surface area (Å²) in [5.41, 5.74) is 0. The highest BCUT2D eigenvalue weighted by molar-refractivity contribution is 7.10. The Balaban J connectivity index is 2.12. The van der Waals surface area contributed by atoms with Crippen LogP contribution in [0.3, 0.4) is 0 Å². The van der Waals surface area contributed by atoms with Crippen molar-refractivity contribution < 1.29 is 5.11 Å². The maximum Gasteiger partial charge on any atom is 0.0937 e. The fraction of sp³-hybridized carbons (Fsp3) is 0.556. The maximum atomic E-state index is 9.98. The molecule has 1 fully saturated rings. The van der Waals surface area contributed by atoms with Crippen LogP contribution in [-0.2, 0) is 0 Å². The molecule has 1 aromatic heterocycles. The van der Waals surface area contributed by atoms with Gasteiger partial charge in [-0.1, -0.05) is 11.6 Å². The van der Waals surface area contributed by atoms with Crippen LogP contribution in [0, 0.1) is 5.92 Å². The van der Waals surface area contributed by atoms with Crippen LogP contribution in [0.25, 0.3) is 0 Å². The van der Waals surface area contributed by atoms with E-state index in [4.69, 9.17) is 11.6 Å². The average Bonchev–Trinajstić information content (AvgIpc) is 2.72. The van der Waals surface area contributed by atoms with Gasteiger partial charge in [-0.3, -0.25) is 0 Å². The third-order valence-electron chi connectivity index (χ3n) is 2.46. The van der Waals surface area contributed by atoms with E-state index in [1.165, 1.54) is 11.3 Å². The summed E-state index contributed by atoms with van der Waals surface area (Å²) >= 11 is 7.48. The summed E-state index contributed by atoms with van der Waals surface area (Å²) in [5, 5.41) is 15.8. The van der Waals surface area contributed by atoms with Gasteiger partial charge in [0.05, 0.1) is 16.0 Å². The van der Waals surface area contributed by atoms with Crippen molar-refractivity contribution in [2.24, 2.45) is 5.92 Å². The molecule has 0 saturated carbocycles. The summed E-state index contributed by atoms with van der Waals surface area (Å²) in [7, 11) is 0. The third kappa shape index (κ3) is 1.89. The van der Waals surface area contributed by atoms with Crippen LogP contribution in [0.2, 0.25) is 5.02 Å². The minimum absolute atomic E-state index is 0.330. The van der Waals surface area contributed by atoms with E-state index in [0.29, 0.717) is 10.9 Å². The molecule has 1 unspecified atom stereocenters. The zero-order valence-electron chi connectivity index (χ0n) is 7.16. The lowest BCUT2D eigenvalue weighted by molar-refractivity contribution is 0.122. The molecule has 4 heteroatoms. The lowest BCUT2D eigenvalue weighted by Gasteiger charge is -2.15. The molecule has 2 heterocycles. The molecule has 13 heavy (non-hydrogen) atoms. The highest BCUT2D eigenvalue weighted by Crippen LogP contribution is 2.34. The van der Waals surface area contributed by atoms with Crippen molar-refractivity contribution in [2.75, 3.05) is 13.1 Å². The molecule has 1 aliphatic rings. The molecular weight excluding hydrogens is 206 g/mol. The number of aliphatic hydroxyl groups excluding tert-OH is 1. The van der Waals surface area contributed by atoms with Crippen molar-refractivity contribution in [3.63, 3.8) is 0 Å². The summed E-state index contributed by atoms with van der Waals surface area (Å²) in [5.74, 6) is 0.330. The quantitative estimate of drug-likeness (QED) is 0.795. The van der Waals surface area contributed by atoms with Gasteiger partial charge in [-0.05, 0) is 24.4 Å². The molecule has 0 aliphatic carbocycles. The van der Waals surface area contributed by atoms with E-state index in [1.807, 2.05) is 11.4 Å². The van der Waals surface area contributed by atoms with Crippen molar-refractivity contribution in [3.05, 3.63) is 21.3 Å². The molecule has 2 nitrogen and oxygen atoms in total. The highest BCUT2D eigenvalue weighted by atomic mass is 35.5. The van der Waals surface area contributed by atoms with Crippen molar-refractivity contribution in [3.8, 4) is 0 Å². The first-order valence-electron chi connectivity index (χ1n) is 4.40. The number of aliphatic hydroxyl groups is 1. The summed E-state index contributed by atoms with van der Waals surface area (Å²) in [4.78, 5) is 0.912. The first-order chi connectivity index (χ1) is 6.29. The van der Waals surface area contributed by atoms with Crippen molar-refractivity contribution in [1.82, 2.24) is 5.32 Å². The lowest BCUT2D eigenvalue weighted by Crippen LogP contribution is -2.15. The third-order valence-corrected chi connectivity index (χ3v) is 3.89. The summed E-state index contributed by atoms with van der Waals surface area (Å²) in [6.07, 6.45) is 0.651. The number of rotatable bonds is 2. The van der Waals surface area contributed by atoms with Gasteiger partial charge >= 0.3 is 0 Å². The van der Waals surface area contributed by atoms with Gasteiger partial charge in [-0.15, -0.1) is 11.3 Å². The van der Waals surface area contributed by atoms with Crippen LogP contribution < -0.4 is 5.32 Å². The first-order valence-corrected chi connectivity index (χ1v) is 5.66. The summed E-state index contributed by atoms with van der Waals surface area (Å²) < 4.78 is 0. The molecule has 0 amide bonds. The maximum absolute atomic E-state index is 9.98. The van der Waals surface area contributed by atoms with Crippen LogP contribution >= 0.6 is 22.9 Å². The predicted molar refractivity (Wildman–Crippen MR) is 55.3 cm³/mol. The standard InChI is InChI=1S/C9H12ClNOS/c10-7-2-4-13-9(7)8(12)6-1-3-11-5-6/h2,4,6,8,11-12H,1,3,5H2/t6-,8?/m0/s1. The van der Waals surface area contributed by atoms with Crippen molar-refractivity contribution in [2.45, 2.75) is 12.5 Å². The monoisotopic (exact) mass is 217 g/mol. The Hall–Kier alpha value is -0.0900. The molecule has 1 aromatic rings. The fourth-order valence-corrected chi connectivity index (χ4v) is 2.92. The van der Waals surface area contributed by atoms with Gasteiger partial charge in [0.15, 0.2) is 0 Å². The topological polar surface area (TPSA) is 32.3 Å². The molecule has 0 spiro atoms. The van der Waals surface area contributed by atoms with Crippen molar-refractivity contribution in [1.29, 1.82) is 0 Å². The number of halogens is 1. The fourth-order valence-electron chi connectivity index (χ4n) is 1.68. The predicted octanol–water partition coefficient (Wildman–Crippen LogP) is 2.04. The normalized spacial score (nSPS) is 24.9. The lowest BCUT2D eigenvalue weighted by atomic mass is 10.0. The Kier molecular flexibility index (Phi) is 2.89. The molecule has 1 aliphatic heterocycles. The number of nitrogens with one attached hydrogen (secondary N) is 1. The van der Waals surface area contributed by atoms with Gasteiger partial charge in [0.25, 0.3) is 0 Å². The van der Waals surface area contributed by atoms with Gasteiger partial charge < -0.3 is 10.4 Å². The average molecular weight is 218 g/mol. The van der Waals surface area contributed by atoms with E-state index in [9.17, 15) is 5.11 Å². The summed E-state index contributed by atoms with van der Waals surface area (Å²) in [6.45, 7) is 1.90. The van der Waals surface area contributed by atoms with E-state index >= 15 is 0 Å². The van der Waals surface area contributed by atoms with Gasteiger partial charge in [-0.25, -0.2) is 0 Å². The Morgan fingerprint density at radius 2 is 2.54 bits per heavy atom. The van der Waals surface area contributed by atoms with Gasteiger partial charge in [0.1, 0.15) is 0 Å². The first kappa shape index (κ1) is 9.46. The number of hydrogen-bond donors (Lipinski definition) is 2. The summed E-state index contributed by atoms with van der Waals surface area (Å²) in [6, 6.07) is 1.84. The largest absolute Gasteiger partial charge is 0.387 e. The second-order valence-electron chi connectivity index (χ2n) is 3.33. The minimum Gasteiger partial charge on any atom is -0.387 e.